The van der Waals surface area contributed by atoms with Crippen LogP contribution in [0.5, 0.6) is 11.5 Å². The van der Waals surface area contributed by atoms with E-state index in [1.54, 1.807) is 24.3 Å². The van der Waals surface area contributed by atoms with Gasteiger partial charge in [-0.25, -0.2) is 0 Å². The molecule has 135 valence electrons. The Morgan fingerprint density at radius 3 is 1.80 bits per heavy atom. The minimum absolute atomic E-state index is 0.0752. The summed E-state index contributed by atoms with van der Waals surface area (Å²) in [6.07, 6.45) is -9.79. The van der Waals surface area contributed by atoms with E-state index in [-0.39, 0.29) is 11.7 Å². The molecule has 2 aromatic rings. The summed E-state index contributed by atoms with van der Waals surface area (Å²) < 4.78 is 73.1. The molecule has 0 N–H and O–H groups in total. The molecule has 0 bridgehead atoms. The van der Waals surface area contributed by atoms with E-state index in [2.05, 4.69) is 4.74 Å². The van der Waals surface area contributed by atoms with Crippen LogP contribution in [0.3, 0.4) is 0 Å². The molecule has 0 heterocycles. The third-order valence-electron chi connectivity index (χ3n) is 3.08. The first-order valence-corrected chi connectivity index (χ1v) is 7.43. The Balaban J connectivity index is 2.31. The molecule has 2 aromatic carbocycles. The van der Waals surface area contributed by atoms with Crippen molar-refractivity contribution < 1.29 is 31.4 Å². The van der Waals surface area contributed by atoms with Crippen LogP contribution in [0.15, 0.2) is 48.5 Å². The van der Waals surface area contributed by atoms with Crippen LogP contribution in [0, 0.1) is 6.42 Å². The highest BCUT2D eigenvalue weighted by molar-refractivity contribution is 5.50. The number of para-hydroxylation sites is 2. The standard InChI is InChI=1S/C18H16F5O2/c1-12(2)24-15-9-5-3-7-13(15)11-14-8-4-6-10-16(14)25-18(22,23)17(19,20)21/h3-12H,1-2H3. The van der Waals surface area contributed by atoms with E-state index in [1.165, 1.54) is 24.6 Å². The van der Waals surface area contributed by atoms with Crippen LogP contribution >= 0.6 is 0 Å². The number of halogens is 5. The molecule has 7 heteroatoms. The number of rotatable bonds is 6. The van der Waals surface area contributed by atoms with Crippen molar-refractivity contribution in [2.45, 2.75) is 32.2 Å². The minimum atomic E-state index is -5.81. The van der Waals surface area contributed by atoms with Crippen molar-refractivity contribution in [2.75, 3.05) is 0 Å². The van der Waals surface area contributed by atoms with Gasteiger partial charge in [0.2, 0.25) is 0 Å². The molecule has 0 amide bonds. The van der Waals surface area contributed by atoms with E-state index in [9.17, 15) is 22.0 Å². The van der Waals surface area contributed by atoms with Crippen LogP contribution in [0.2, 0.25) is 0 Å². The van der Waals surface area contributed by atoms with Gasteiger partial charge in [0.25, 0.3) is 0 Å². The second-order valence-corrected chi connectivity index (χ2v) is 5.50. The van der Waals surface area contributed by atoms with Gasteiger partial charge in [0.15, 0.2) is 0 Å². The zero-order valence-electron chi connectivity index (χ0n) is 13.5. The molecule has 0 saturated heterocycles. The van der Waals surface area contributed by atoms with Gasteiger partial charge in [-0.05, 0) is 26.0 Å². The lowest BCUT2D eigenvalue weighted by Gasteiger charge is -2.22. The molecular formula is C18H16F5O2. The van der Waals surface area contributed by atoms with Gasteiger partial charge in [-0.2, -0.15) is 22.0 Å². The summed E-state index contributed by atoms with van der Waals surface area (Å²) in [6.45, 7) is 3.63. The number of alkyl halides is 5. The molecular weight excluding hydrogens is 343 g/mol. The number of hydrogen-bond donors (Lipinski definition) is 0. The van der Waals surface area contributed by atoms with Crippen LogP contribution in [-0.4, -0.2) is 18.4 Å². The maximum Gasteiger partial charge on any atom is 0.499 e. The molecule has 1 radical (unpaired) electrons. The van der Waals surface area contributed by atoms with Crippen LogP contribution < -0.4 is 9.47 Å². The molecule has 0 aliphatic heterocycles. The summed E-state index contributed by atoms with van der Waals surface area (Å²) in [5.41, 5.74) is 0.605. The lowest BCUT2D eigenvalue weighted by atomic mass is 10.0. The Bertz CT molecular complexity index is 711. The van der Waals surface area contributed by atoms with Gasteiger partial charge in [-0.15, -0.1) is 0 Å². The summed E-state index contributed by atoms with van der Waals surface area (Å²) in [5.74, 6) is -0.0981. The van der Waals surface area contributed by atoms with Crippen molar-refractivity contribution in [3.63, 3.8) is 0 Å². The average Bonchev–Trinajstić information content (AvgIpc) is 2.49. The monoisotopic (exact) mass is 359 g/mol. The lowest BCUT2D eigenvalue weighted by Crippen LogP contribution is -2.42. The molecule has 0 aliphatic carbocycles. The average molecular weight is 359 g/mol. The van der Waals surface area contributed by atoms with Crippen molar-refractivity contribution in [1.82, 2.24) is 0 Å². The third kappa shape index (κ3) is 4.84. The molecule has 2 rings (SSSR count). The summed E-state index contributed by atoms with van der Waals surface area (Å²) in [6, 6.07) is 12.0. The lowest BCUT2D eigenvalue weighted by molar-refractivity contribution is -0.360. The van der Waals surface area contributed by atoms with Gasteiger partial charge < -0.3 is 9.47 Å². The van der Waals surface area contributed by atoms with E-state index in [0.717, 1.165) is 6.07 Å². The molecule has 2 nitrogen and oxygen atoms in total. The molecule has 0 aliphatic rings. The number of benzene rings is 2. The van der Waals surface area contributed by atoms with Gasteiger partial charge in [0.05, 0.1) is 6.10 Å². The van der Waals surface area contributed by atoms with E-state index < -0.39 is 18.0 Å². The van der Waals surface area contributed by atoms with Gasteiger partial charge >= 0.3 is 12.3 Å². The fraction of sp³-hybridized carbons (Fsp3) is 0.278. The van der Waals surface area contributed by atoms with Gasteiger partial charge in [-0.1, -0.05) is 36.4 Å². The number of ether oxygens (including phenoxy) is 2. The van der Waals surface area contributed by atoms with E-state index in [1.807, 2.05) is 13.8 Å². The second-order valence-electron chi connectivity index (χ2n) is 5.50. The molecule has 0 fully saturated rings. The smallest absolute Gasteiger partial charge is 0.491 e. The highest BCUT2D eigenvalue weighted by Gasteiger charge is 2.61. The maximum atomic E-state index is 13.2. The number of hydrogen-bond acceptors (Lipinski definition) is 2. The van der Waals surface area contributed by atoms with Crippen LogP contribution in [0.1, 0.15) is 25.0 Å². The minimum Gasteiger partial charge on any atom is -0.491 e. The third-order valence-corrected chi connectivity index (χ3v) is 3.08. The first-order chi connectivity index (χ1) is 11.6. The van der Waals surface area contributed by atoms with Gasteiger partial charge in [0.1, 0.15) is 11.5 Å². The fourth-order valence-corrected chi connectivity index (χ4v) is 2.02. The quantitative estimate of drug-likeness (QED) is 0.624. The van der Waals surface area contributed by atoms with Gasteiger partial charge in [-0.3, -0.25) is 0 Å². The molecule has 0 saturated carbocycles. The molecule has 0 atom stereocenters. The molecule has 0 spiro atoms. The van der Waals surface area contributed by atoms with Crippen LogP contribution in [-0.2, 0) is 0 Å². The van der Waals surface area contributed by atoms with E-state index in [0.29, 0.717) is 11.3 Å². The predicted molar refractivity (Wildman–Crippen MR) is 82.8 cm³/mol. The fourth-order valence-electron chi connectivity index (χ4n) is 2.02. The summed E-state index contributed by atoms with van der Waals surface area (Å²) in [7, 11) is 0. The van der Waals surface area contributed by atoms with Crippen molar-refractivity contribution in [1.29, 1.82) is 0 Å². The Morgan fingerprint density at radius 1 is 0.800 bits per heavy atom. The summed E-state index contributed by atoms with van der Waals surface area (Å²) >= 11 is 0. The van der Waals surface area contributed by atoms with E-state index >= 15 is 0 Å². The summed E-state index contributed by atoms with van der Waals surface area (Å²) in [5, 5.41) is 0. The normalized spacial score (nSPS) is 12.3. The highest BCUT2D eigenvalue weighted by atomic mass is 19.4. The highest BCUT2D eigenvalue weighted by Crippen LogP contribution is 2.39. The first-order valence-electron chi connectivity index (χ1n) is 7.43. The molecule has 0 aromatic heterocycles. The molecule has 0 unspecified atom stereocenters. The predicted octanol–water partition coefficient (Wildman–Crippen LogP) is 5.61. The Labute approximate surface area is 142 Å². The molecule has 25 heavy (non-hydrogen) atoms. The zero-order chi connectivity index (χ0) is 18.7. The second kappa shape index (κ2) is 7.29. The van der Waals surface area contributed by atoms with Crippen molar-refractivity contribution >= 4 is 0 Å². The first kappa shape index (κ1) is 19.0. The Kier molecular flexibility index (Phi) is 5.55. The Morgan fingerprint density at radius 2 is 1.28 bits per heavy atom. The van der Waals surface area contributed by atoms with Gasteiger partial charge in [0, 0.05) is 17.5 Å². The van der Waals surface area contributed by atoms with Crippen LogP contribution in [0.25, 0.3) is 0 Å². The Hall–Kier alpha value is -2.31. The van der Waals surface area contributed by atoms with Crippen molar-refractivity contribution in [3.8, 4) is 11.5 Å². The maximum absolute atomic E-state index is 13.2. The largest absolute Gasteiger partial charge is 0.499 e. The summed E-state index contributed by atoms with van der Waals surface area (Å²) in [4.78, 5) is 0. The SMILES string of the molecule is CC(C)Oc1ccccc1[CH]c1ccccc1OC(F)(F)C(F)(F)F. The van der Waals surface area contributed by atoms with Crippen molar-refractivity contribution in [3.05, 3.63) is 66.1 Å². The van der Waals surface area contributed by atoms with Crippen molar-refractivity contribution in [2.24, 2.45) is 0 Å². The van der Waals surface area contributed by atoms with Crippen LogP contribution in [0.4, 0.5) is 22.0 Å². The van der Waals surface area contributed by atoms with E-state index in [4.69, 9.17) is 4.74 Å². The topological polar surface area (TPSA) is 18.5 Å². The zero-order valence-corrected chi connectivity index (χ0v) is 13.5.